The van der Waals surface area contributed by atoms with E-state index in [1.54, 1.807) is 12.1 Å². The van der Waals surface area contributed by atoms with Crippen molar-refractivity contribution in [2.45, 2.75) is 0 Å². The van der Waals surface area contributed by atoms with Crippen LogP contribution in [-0.4, -0.2) is 13.0 Å². The van der Waals surface area contributed by atoms with Gasteiger partial charge in [-0.05, 0) is 12.1 Å². The van der Waals surface area contributed by atoms with Gasteiger partial charge in [-0.25, -0.2) is 0 Å². The number of rotatable bonds is 0. The smallest absolute Gasteiger partial charge is 0.140 e. The first-order valence-corrected chi connectivity index (χ1v) is 2.96. The summed E-state index contributed by atoms with van der Waals surface area (Å²) in [5.74, 6) is 0.0532. The Morgan fingerprint density at radius 1 is 1.30 bits per heavy atom. The Labute approximate surface area is 60.1 Å². The third kappa shape index (κ3) is 1.00. The minimum Gasteiger partial charge on any atom is -0.506 e. The van der Waals surface area contributed by atoms with Gasteiger partial charge in [0, 0.05) is 0 Å². The number of aromatic hydroxyl groups is 1. The van der Waals surface area contributed by atoms with E-state index >= 15 is 0 Å². The maximum Gasteiger partial charge on any atom is 0.140 e. The standard InChI is InChI=1S/C6H9BN2O/c7-3-1-4(8)6(9)5(10)2-3/h1-2,10H,7-9H2. The molecule has 0 amide bonds. The van der Waals surface area contributed by atoms with E-state index in [2.05, 4.69) is 0 Å². The van der Waals surface area contributed by atoms with E-state index in [0.717, 1.165) is 5.46 Å². The molecular weight excluding hydrogens is 127 g/mol. The molecule has 0 spiro atoms. The molecule has 4 heteroatoms. The van der Waals surface area contributed by atoms with Crippen LogP contribution in [0.25, 0.3) is 0 Å². The number of benzene rings is 1. The number of phenolic OH excluding ortho intramolecular Hbond substituents is 1. The number of nitrogen functional groups attached to an aromatic ring is 2. The maximum atomic E-state index is 9.08. The lowest BCUT2D eigenvalue weighted by atomic mass is 9.95. The Kier molecular flexibility index (Phi) is 1.45. The van der Waals surface area contributed by atoms with Gasteiger partial charge in [0.1, 0.15) is 13.6 Å². The van der Waals surface area contributed by atoms with E-state index in [0.29, 0.717) is 5.69 Å². The van der Waals surface area contributed by atoms with Crippen LogP contribution in [0.3, 0.4) is 0 Å². The molecule has 0 saturated heterocycles. The summed E-state index contributed by atoms with van der Waals surface area (Å²) in [6.07, 6.45) is 0. The minimum atomic E-state index is 0.0532. The van der Waals surface area contributed by atoms with Crippen molar-refractivity contribution in [3.8, 4) is 5.75 Å². The van der Waals surface area contributed by atoms with E-state index in [1.165, 1.54) is 0 Å². The molecule has 0 aromatic heterocycles. The van der Waals surface area contributed by atoms with Gasteiger partial charge >= 0.3 is 0 Å². The van der Waals surface area contributed by atoms with Crippen LogP contribution in [0.4, 0.5) is 11.4 Å². The van der Waals surface area contributed by atoms with Crippen molar-refractivity contribution >= 4 is 24.7 Å². The second-order valence-electron chi connectivity index (χ2n) is 2.29. The molecule has 5 N–H and O–H groups in total. The molecule has 0 unspecified atom stereocenters. The quantitative estimate of drug-likeness (QED) is 0.238. The van der Waals surface area contributed by atoms with Gasteiger partial charge in [0.15, 0.2) is 0 Å². The summed E-state index contributed by atoms with van der Waals surface area (Å²) in [5, 5.41) is 9.08. The van der Waals surface area contributed by atoms with Crippen molar-refractivity contribution in [1.82, 2.24) is 0 Å². The van der Waals surface area contributed by atoms with Gasteiger partial charge in [-0.3, -0.25) is 0 Å². The normalized spacial score (nSPS) is 9.60. The molecule has 52 valence electrons. The SMILES string of the molecule is Bc1cc(N)c(N)c(O)c1. The monoisotopic (exact) mass is 136 g/mol. The molecule has 1 rings (SSSR count). The molecule has 0 atom stereocenters. The fourth-order valence-corrected chi connectivity index (χ4v) is 0.806. The molecule has 10 heavy (non-hydrogen) atoms. The Hall–Kier alpha value is -1.32. The molecule has 1 aromatic carbocycles. The highest BCUT2D eigenvalue weighted by molar-refractivity contribution is 6.33. The molecule has 0 saturated carbocycles. The largest absolute Gasteiger partial charge is 0.506 e. The second kappa shape index (κ2) is 2.13. The van der Waals surface area contributed by atoms with Crippen LogP contribution in [-0.2, 0) is 0 Å². The summed E-state index contributed by atoms with van der Waals surface area (Å²) < 4.78 is 0. The van der Waals surface area contributed by atoms with E-state index in [9.17, 15) is 0 Å². The highest BCUT2D eigenvalue weighted by Gasteiger charge is 2.00. The minimum absolute atomic E-state index is 0.0532. The molecule has 3 nitrogen and oxygen atoms in total. The lowest BCUT2D eigenvalue weighted by Crippen LogP contribution is -2.05. The summed E-state index contributed by atoms with van der Waals surface area (Å²) in [7, 11) is 1.84. The van der Waals surface area contributed by atoms with Crippen LogP contribution in [0.5, 0.6) is 5.75 Å². The summed E-state index contributed by atoms with van der Waals surface area (Å²) in [4.78, 5) is 0. The zero-order chi connectivity index (χ0) is 7.72. The number of hydrogen-bond acceptors (Lipinski definition) is 3. The highest BCUT2D eigenvalue weighted by atomic mass is 16.3. The average Bonchev–Trinajstić information content (AvgIpc) is 1.82. The van der Waals surface area contributed by atoms with Crippen LogP contribution in [0.2, 0.25) is 0 Å². The first-order chi connectivity index (χ1) is 4.61. The van der Waals surface area contributed by atoms with Crippen LogP contribution in [0.1, 0.15) is 0 Å². The zero-order valence-corrected chi connectivity index (χ0v) is 5.76. The Balaban J connectivity index is 3.31. The number of hydrogen-bond donors (Lipinski definition) is 3. The Morgan fingerprint density at radius 2 is 1.90 bits per heavy atom. The topological polar surface area (TPSA) is 72.3 Å². The van der Waals surface area contributed by atoms with Crippen LogP contribution in [0.15, 0.2) is 12.1 Å². The van der Waals surface area contributed by atoms with Gasteiger partial charge in [0.2, 0.25) is 0 Å². The molecule has 1 aromatic rings. The molecule has 0 aliphatic rings. The van der Waals surface area contributed by atoms with Crippen LogP contribution < -0.4 is 16.9 Å². The molecule has 0 aliphatic carbocycles. The van der Waals surface area contributed by atoms with E-state index in [-0.39, 0.29) is 11.4 Å². The zero-order valence-electron chi connectivity index (χ0n) is 5.76. The summed E-state index contributed by atoms with van der Waals surface area (Å²) >= 11 is 0. The van der Waals surface area contributed by atoms with Gasteiger partial charge in [-0.1, -0.05) is 5.46 Å². The summed E-state index contributed by atoms with van der Waals surface area (Å²) in [6, 6.07) is 3.29. The number of anilines is 2. The van der Waals surface area contributed by atoms with Crippen molar-refractivity contribution in [2.24, 2.45) is 0 Å². The third-order valence-corrected chi connectivity index (χ3v) is 1.33. The second-order valence-corrected chi connectivity index (χ2v) is 2.29. The average molecular weight is 136 g/mol. The van der Waals surface area contributed by atoms with Crippen LogP contribution in [0, 0.1) is 0 Å². The van der Waals surface area contributed by atoms with E-state index in [4.69, 9.17) is 16.6 Å². The molecular formula is C6H9BN2O. The van der Waals surface area contributed by atoms with Crippen molar-refractivity contribution in [3.63, 3.8) is 0 Å². The molecule has 0 bridgehead atoms. The van der Waals surface area contributed by atoms with Gasteiger partial charge in [-0.2, -0.15) is 0 Å². The summed E-state index contributed by atoms with van der Waals surface area (Å²) in [6.45, 7) is 0. The van der Waals surface area contributed by atoms with Gasteiger partial charge in [-0.15, -0.1) is 0 Å². The van der Waals surface area contributed by atoms with Crippen molar-refractivity contribution in [3.05, 3.63) is 12.1 Å². The van der Waals surface area contributed by atoms with Gasteiger partial charge < -0.3 is 16.6 Å². The van der Waals surface area contributed by atoms with E-state index in [1.807, 2.05) is 7.85 Å². The summed E-state index contributed by atoms with van der Waals surface area (Å²) in [5.41, 5.74) is 12.4. The van der Waals surface area contributed by atoms with Crippen molar-refractivity contribution < 1.29 is 5.11 Å². The fourth-order valence-electron chi connectivity index (χ4n) is 0.806. The Bertz CT molecular complexity index is 239. The van der Waals surface area contributed by atoms with Crippen LogP contribution >= 0.6 is 0 Å². The van der Waals surface area contributed by atoms with Crippen molar-refractivity contribution in [1.29, 1.82) is 0 Å². The molecule has 0 radical (unpaired) electrons. The molecule has 0 fully saturated rings. The predicted molar refractivity (Wildman–Crippen MR) is 45.1 cm³/mol. The Morgan fingerprint density at radius 3 is 2.40 bits per heavy atom. The lowest BCUT2D eigenvalue weighted by molar-refractivity contribution is 0.479. The third-order valence-electron chi connectivity index (χ3n) is 1.33. The first-order valence-electron chi connectivity index (χ1n) is 2.96. The first kappa shape index (κ1) is 6.80. The highest BCUT2D eigenvalue weighted by Crippen LogP contribution is 2.23. The maximum absolute atomic E-state index is 9.08. The number of nitrogens with two attached hydrogens (primary N) is 2. The molecule has 0 aliphatic heterocycles. The fraction of sp³-hybridized carbons (Fsp3) is 0. The van der Waals surface area contributed by atoms with E-state index < -0.39 is 0 Å². The number of phenols is 1. The van der Waals surface area contributed by atoms with Crippen molar-refractivity contribution in [2.75, 3.05) is 11.5 Å². The van der Waals surface area contributed by atoms with Gasteiger partial charge in [0.25, 0.3) is 0 Å². The van der Waals surface area contributed by atoms with Gasteiger partial charge in [0.05, 0.1) is 11.4 Å². The lowest BCUT2D eigenvalue weighted by Gasteiger charge is -2.03. The predicted octanol–water partition coefficient (Wildman–Crippen LogP) is -1.19. The molecule has 0 heterocycles.